The predicted octanol–water partition coefficient (Wildman–Crippen LogP) is 3.92. The zero-order valence-corrected chi connectivity index (χ0v) is 10.1. The van der Waals surface area contributed by atoms with Gasteiger partial charge in [0.1, 0.15) is 0 Å². The minimum Gasteiger partial charge on any atom is -0.257 e. The summed E-state index contributed by atoms with van der Waals surface area (Å²) in [4.78, 5) is 8.78. The van der Waals surface area contributed by atoms with Crippen molar-refractivity contribution >= 4 is 11.6 Å². The van der Waals surface area contributed by atoms with Crippen molar-refractivity contribution in [2.45, 2.75) is 19.8 Å². The van der Waals surface area contributed by atoms with Crippen molar-refractivity contribution in [3.63, 3.8) is 0 Å². The van der Waals surface area contributed by atoms with E-state index in [2.05, 4.69) is 23.8 Å². The number of hydrogen-bond donors (Lipinski definition) is 0. The fourth-order valence-corrected chi connectivity index (χ4v) is 1.53. The molecule has 1 heterocycles. The summed E-state index contributed by atoms with van der Waals surface area (Å²) in [5.41, 5.74) is 2.92. The normalized spacial score (nSPS) is 10.8. The molecule has 0 amide bonds. The molecule has 2 aromatic rings. The number of aromatic nitrogens is 2. The van der Waals surface area contributed by atoms with Gasteiger partial charge in [0.15, 0.2) is 0 Å². The standard InChI is InChI=1S/C13H13ClN2/c1-9(2)12-7-16-13(8-15-12)10-3-5-11(14)6-4-10/h3-9H,1-2H3. The average Bonchev–Trinajstić information content (AvgIpc) is 2.30. The van der Waals surface area contributed by atoms with Gasteiger partial charge in [0.05, 0.1) is 17.6 Å². The molecule has 0 bridgehead atoms. The Morgan fingerprint density at radius 1 is 1.00 bits per heavy atom. The highest BCUT2D eigenvalue weighted by molar-refractivity contribution is 6.30. The van der Waals surface area contributed by atoms with Crippen molar-refractivity contribution in [1.29, 1.82) is 0 Å². The molecule has 0 atom stereocenters. The lowest BCUT2D eigenvalue weighted by Gasteiger charge is -2.05. The monoisotopic (exact) mass is 232 g/mol. The summed E-state index contributed by atoms with van der Waals surface area (Å²) in [6, 6.07) is 7.60. The quantitative estimate of drug-likeness (QED) is 0.784. The first kappa shape index (κ1) is 11.1. The molecule has 0 unspecified atom stereocenters. The molecule has 0 aliphatic heterocycles. The molecule has 0 N–H and O–H groups in total. The SMILES string of the molecule is CC(C)c1cnc(-c2ccc(Cl)cc2)cn1. The molecule has 2 rings (SSSR count). The van der Waals surface area contributed by atoms with Crippen molar-refractivity contribution in [2.75, 3.05) is 0 Å². The fraction of sp³-hybridized carbons (Fsp3) is 0.231. The van der Waals surface area contributed by atoms with Crippen molar-refractivity contribution in [3.8, 4) is 11.3 Å². The molecule has 0 radical (unpaired) electrons. The van der Waals surface area contributed by atoms with Gasteiger partial charge in [-0.25, -0.2) is 0 Å². The summed E-state index contributed by atoms with van der Waals surface area (Å²) in [6.07, 6.45) is 3.63. The van der Waals surface area contributed by atoms with Gasteiger partial charge in [0.25, 0.3) is 0 Å². The van der Waals surface area contributed by atoms with E-state index in [0.29, 0.717) is 5.92 Å². The second-order valence-electron chi connectivity index (χ2n) is 3.99. The molecule has 0 fully saturated rings. The van der Waals surface area contributed by atoms with E-state index in [-0.39, 0.29) is 0 Å². The highest BCUT2D eigenvalue weighted by atomic mass is 35.5. The zero-order chi connectivity index (χ0) is 11.5. The molecule has 0 aliphatic rings. The highest BCUT2D eigenvalue weighted by Gasteiger charge is 2.03. The van der Waals surface area contributed by atoms with Crippen LogP contribution in [0.4, 0.5) is 0 Å². The molecule has 2 nitrogen and oxygen atoms in total. The first-order valence-corrected chi connectivity index (χ1v) is 5.62. The van der Waals surface area contributed by atoms with Crippen LogP contribution < -0.4 is 0 Å². The van der Waals surface area contributed by atoms with Crippen molar-refractivity contribution < 1.29 is 0 Å². The van der Waals surface area contributed by atoms with Gasteiger partial charge in [-0.05, 0) is 18.1 Å². The van der Waals surface area contributed by atoms with Gasteiger partial charge in [-0.1, -0.05) is 37.6 Å². The van der Waals surface area contributed by atoms with Gasteiger partial charge in [0.2, 0.25) is 0 Å². The van der Waals surface area contributed by atoms with Crippen LogP contribution in [0.5, 0.6) is 0 Å². The third-order valence-electron chi connectivity index (χ3n) is 2.40. The van der Waals surface area contributed by atoms with Crippen LogP contribution >= 0.6 is 11.6 Å². The number of hydrogen-bond acceptors (Lipinski definition) is 2. The third kappa shape index (κ3) is 2.39. The fourth-order valence-electron chi connectivity index (χ4n) is 1.41. The second-order valence-corrected chi connectivity index (χ2v) is 4.42. The molecule has 0 saturated heterocycles. The Balaban J connectivity index is 2.31. The molecular formula is C13H13ClN2. The Morgan fingerprint density at radius 3 is 2.19 bits per heavy atom. The van der Waals surface area contributed by atoms with Crippen molar-refractivity contribution in [1.82, 2.24) is 9.97 Å². The maximum absolute atomic E-state index is 5.83. The van der Waals surface area contributed by atoms with Crippen LogP contribution in [0.25, 0.3) is 11.3 Å². The van der Waals surface area contributed by atoms with E-state index < -0.39 is 0 Å². The Labute approximate surface area is 100 Å². The molecule has 1 aromatic heterocycles. The zero-order valence-electron chi connectivity index (χ0n) is 9.31. The van der Waals surface area contributed by atoms with Gasteiger partial charge in [0, 0.05) is 16.8 Å². The topological polar surface area (TPSA) is 25.8 Å². The van der Waals surface area contributed by atoms with Crippen LogP contribution in [-0.4, -0.2) is 9.97 Å². The summed E-state index contributed by atoms with van der Waals surface area (Å²) in [5, 5.41) is 0.732. The Kier molecular flexibility index (Phi) is 3.20. The lowest BCUT2D eigenvalue weighted by Crippen LogP contribution is -1.94. The van der Waals surface area contributed by atoms with Crippen LogP contribution in [0.1, 0.15) is 25.5 Å². The van der Waals surface area contributed by atoms with Gasteiger partial charge in [-0.3, -0.25) is 9.97 Å². The largest absolute Gasteiger partial charge is 0.257 e. The number of halogens is 1. The van der Waals surface area contributed by atoms with Gasteiger partial charge < -0.3 is 0 Å². The summed E-state index contributed by atoms with van der Waals surface area (Å²) < 4.78 is 0. The van der Waals surface area contributed by atoms with Gasteiger partial charge in [-0.2, -0.15) is 0 Å². The molecule has 1 aromatic carbocycles. The lowest BCUT2D eigenvalue weighted by atomic mass is 10.1. The highest BCUT2D eigenvalue weighted by Crippen LogP contribution is 2.19. The minimum absolute atomic E-state index is 0.409. The van der Waals surface area contributed by atoms with Crippen LogP contribution in [0.2, 0.25) is 5.02 Å². The van der Waals surface area contributed by atoms with Crippen molar-refractivity contribution in [3.05, 3.63) is 47.4 Å². The van der Waals surface area contributed by atoms with E-state index >= 15 is 0 Å². The molecule has 3 heteroatoms. The van der Waals surface area contributed by atoms with E-state index in [1.807, 2.05) is 30.5 Å². The van der Waals surface area contributed by atoms with Crippen LogP contribution in [-0.2, 0) is 0 Å². The van der Waals surface area contributed by atoms with E-state index in [0.717, 1.165) is 22.0 Å². The summed E-state index contributed by atoms with van der Waals surface area (Å²) in [7, 11) is 0. The van der Waals surface area contributed by atoms with Crippen LogP contribution in [0.15, 0.2) is 36.7 Å². The van der Waals surface area contributed by atoms with E-state index in [1.54, 1.807) is 6.20 Å². The van der Waals surface area contributed by atoms with Crippen LogP contribution in [0, 0.1) is 0 Å². The molecular weight excluding hydrogens is 220 g/mol. The molecule has 0 saturated carbocycles. The summed E-state index contributed by atoms with van der Waals surface area (Å²) >= 11 is 5.83. The maximum Gasteiger partial charge on any atom is 0.0885 e. The average molecular weight is 233 g/mol. The predicted molar refractivity (Wildman–Crippen MR) is 66.6 cm³/mol. The molecule has 0 spiro atoms. The van der Waals surface area contributed by atoms with Gasteiger partial charge >= 0.3 is 0 Å². The number of benzene rings is 1. The first-order chi connectivity index (χ1) is 7.66. The van der Waals surface area contributed by atoms with Crippen LogP contribution in [0.3, 0.4) is 0 Å². The van der Waals surface area contributed by atoms with E-state index in [4.69, 9.17) is 11.6 Å². The number of nitrogens with zero attached hydrogens (tertiary/aromatic N) is 2. The lowest BCUT2D eigenvalue weighted by molar-refractivity contribution is 0.813. The third-order valence-corrected chi connectivity index (χ3v) is 2.66. The maximum atomic E-state index is 5.83. The van der Waals surface area contributed by atoms with Crippen molar-refractivity contribution in [2.24, 2.45) is 0 Å². The van der Waals surface area contributed by atoms with E-state index in [1.165, 1.54) is 0 Å². The Hall–Kier alpha value is -1.41. The second kappa shape index (κ2) is 4.62. The molecule has 0 aliphatic carbocycles. The van der Waals surface area contributed by atoms with Gasteiger partial charge in [-0.15, -0.1) is 0 Å². The molecule has 16 heavy (non-hydrogen) atoms. The summed E-state index contributed by atoms with van der Waals surface area (Å²) in [6.45, 7) is 4.21. The Morgan fingerprint density at radius 2 is 1.69 bits per heavy atom. The number of rotatable bonds is 2. The van der Waals surface area contributed by atoms with E-state index in [9.17, 15) is 0 Å². The molecule has 82 valence electrons. The Bertz CT molecular complexity index is 460. The summed E-state index contributed by atoms with van der Waals surface area (Å²) in [5.74, 6) is 0.409. The first-order valence-electron chi connectivity index (χ1n) is 5.24. The smallest absolute Gasteiger partial charge is 0.0885 e. The minimum atomic E-state index is 0.409.